The van der Waals surface area contributed by atoms with E-state index in [1.807, 2.05) is 13.1 Å². The highest BCUT2D eigenvalue weighted by Gasteiger charge is 2.14. The van der Waals surface area contributed by atoms with Crippen molar-refractivity contribution in [3.05, 3.63) is 29.4 Å². The molecule has 2 aromatic rings. The number of thiophene rings is 1. The molecule has 2 nitrogen and oxygen atoms in total. The third-order valence-electron chi connectivity index (χ3n) is 2.63. The molecule has 3 heteroatoms. The van der Waals surface area contributed by atoms with Gasteiger partial charge in [0.25, 0.3) is 0 Å². The van der Waals surface area contributed by atoms with Gasteiger partial charge in [0.15, 0.2) is 0 Å². The standard InChI is InChI=1S/C11H14N2S/c1-7(8(2)12)11-9-4-6-14-10(9)3-5-13-11/h3-8H,12H2,1-2H3. The lowest BCUT2D eigenvalue weighted by atomic mass is 9.98. The minimum atomic E-state index is 0.146. The molecule has 0 spiro atoms. The Balaban J connectivity index is 2.56. The van der Waals surface area contributed by atoms with Crippen LogP contribution in [0.2, 0.25) is 0 Å². The normalized spacial score (nSPS) is 15.6. The van der Waals surface area contributed by atoms with E-state index in [0.29, 0.717) is 5.92 Å². The molecule has 0 amide bonds. The van der Waals surface area contributed by atoms with Crippen LogP contribution in [0.25, 0.3) is 10.1 Å². The van der Waals surface area contributed by atoms with Gasteiger partial charge in [-0.3, -0.25) is 4.98 Å². The van der Waals surface area contributed by atoms with Gasteiger partial charge in [0.2, 0.25) is 0 Å². The Morgan fingerprint density at radius 3 is 2.86 bits per heavy atom. The van der Waals surface area contributed by atoms with E-state index in [0.717, 1.165) is 5.69 Å². The van der Waals surface area contributed by atoms with Gasteiger partial charge >= 0.3 is 0 Å². The van der Waals surface area contributed by atoms with Crippen LogP contribution in [0.4, 0.5) is 0 Å². The summed E-state index contributed by atoms with van der Waals surface area (Å²) >= 11 is 1.75. The average Bonchev–Trinajstić information content (AvgIpc) is 2.63. The van der Waals surface area contributed by atoms with Gasteiger partial charge in [-0.1, -0.05) is 6.92 Å². The first-order chi connectivity index (χ1) is 6.70. The zero-order valence-electron chi connectivity index (χ0n) is 8.40. The Kier molecular flexibility index (Phi) is 2.52. The molecule has 2 aromatic heterocycles. The number of hydrogen-bond donors (Lipinski definition) is 1. The molecule has 0 aliphatic rings. The molecule has 2 unspecified atom stereocenters. The van der Waals surface area contributed by atoms with Crippen LogP contribution in [0, 0.1) is 0 Å². The maximum Gasteiger partial charge on any atom is 0.0533 e. The fourth-order valence-electron chi connectivity index (χ4n) is 1.53. The Morgan fingerprint density at radius 1 is 1.36 bits per heavy atom. The minimum absolute atomic E-state index is 0.146. The molecule has 0 aromatic carbocycles. The van der Waals surface area contributed by atoms with Crippen molar-refractivity contribution in [2.75, 3.05) is 0 Å². The van der Waals surface area contributed by atoms with Crippen LogP contribution in [0.1, 0.15) is 25.5 Å². The van der Waals surface area contributed by atoms with E-state index >= 15 is 0 Å². The van der Waals surface area contributed by atoms with Crippen molar-refractivity contribution >= 4 is 21.4 Å². The number of rotatable bonds is 2. The molecule has 74 valence electrons. The Hall–Kier alpha value is -0.930. The molecule has 2 atom stereocenters. The predicted molar refractivity (Wildman–Crippen MR) is 61.7 cm³/mol. The van der Waals surface area contributed by atoms with Crippen LogP contribution in [0.5, 0.6) is 0 Å². The largest absolute Gasteiger partial charge is 0.327 e. The average molecular weight is 206 g/mol. The highest BCUT2D eigenvalue weighted by Crippen LogP contribution is 2.28. The van der Waals surface area contributed by atoms with Crippen LogP contribution in [0.3, 0.4) is 0 Å². The molecule has 0 aliphatic heterocycles. The highest BCUT2D eigenvalue weighted by molar-refractivity contribution is 7.17. The zero-order chi connectivity index (χ0) is 10.1. The monoisotopic (exact) mass is 206 g/mol. The quantitative estimate of drug-likeness (QED) is 0.820. The van der Waals surface area contributed by atoms with Crippen molar-refractivity contribution in [2.24, 2.45) is 5.73 Å². The molecule has 0 fully saturated rings. The van der Waals surface area contributed by atoms with Gasteiger partial charge in [0, 0.05) is 28.2 Å². The second-order valence-electron chi connectivity index (χ2n) is 3.68. The second-order valence-corrected chi connectivity index (χ2v) is 4.62. The van der Waals surface area contributed by atoms with Crippen molar-refractivity contribution in [3.63, 3.8) is 0 Å². The van der Waals surface area contributed by atoms with E-state index in [9.17, 15) is 0 Å². The van der Waals surface area contributed by atoms with Gasteiger partial charge in [-0.25, -0.2) is 0 Å². The van der Waals surface area contributed by atoms with E-state index in [4.69, 9.17) is 5.73 Å². The smallest absolute Gasteiger partial charge is 0.0533 e. The summed E-state index contributed by atoms with van der Waals surface area (Å²) in [5, 5.41) is 3.35. The Bertz CT molecular complexity index is 434. The number of nitrogens with zero attached hydrogens (tertiary/aromatic N) is 1. The van der Waals surface area contributed by atoms with Gasteiger partial charge < -0.3 is 5.73 Å². The Morgan fingerprint density at radius 2 is 2.14 bits per heavy atom. The highest BCUT2D eigenvalue weighted by atomic mass is 32.1. The second kappa shape index (κ2) is 3.67. The van der Waals surface area contributed by atoms with Crippen LogP contribution in [-0.4, -0.2) is 11.0 Å². The first-order valence-corrected chi connectivity index (χ1v) is 5.66. The van der Waals surface area contributed by atoms with Crippen molar-refractivity contribution in [1.82, 2.24) is 4.98 Å². The lowest BCUT2D eigenvalue weighted by Gasteiger charge is -2.15. The van der Waals surface area contributed by atoms with Crippen molar-refractivity contribution in [1.29, 1.82) is 0 Å². The molecule has 0 saturated heterocycles. The van der Waals surface area contributed by atoms with E-state index in [2.05, 4.69) is 29.4 Å². The van der Waals surface area contributed by atoms with Crippen molar-refractivity contribution in [3.8, 4) is 0 Å². The number of aromatic nitrogens is 1. The summed E-state index contributed by atoms with van der Waals surface area (Å²) in [5.41, 5.74) is 7.01. The fourth-order valence-corrected chi connectivity index (χ4v) is 2.32. The maximum atomic E-state index is 5.89. The summed E-state index contributed by atoms with van der Waals surface area (Å²) in [6, 6.07) is 4.33. The van der Waals surface area contributed by atoms with Gasteiger partial charge in [-0.05, 0) is 24.4 Å². The molecule has 0 aliphatic carbocycles. The van der Waals surface area contributed by atoms with Crippen molar-refractivity contribution in [2.45, 2.75) is 25.8 Å². The van der Waals surface area contributed by atoms with E-state index in [1.54, 1.807) is 11.3 Å². The summed E-state index contributed by atoms with van der Waals surface area (Å²) < 4.78 is 1.29. The lowest BCUT2D eigenvalue weighted by Crippen LogP contribution is -2.23. The molecule has 0 bridgehead atoms. The third kappa shape index (κ3) is 1.53. The first-order valence-electron chi connectivity index (χ1n) is 4.78. The number of nitrogens with two attached hydrogens (primary N) is 1. The predicted octanol–water partition coefficient (Wildman–Crippen LogP) is 2.75. The zero-order valence-corrected chi connectivity index (χ0v) is 9.21. The lowest BCUT2D eigenvalue weighted by molar-refractivity contribution is 0.603. The summed E-state index contributed by atoms with van der Waals surface area (Å²) in [6.45, 7) is 4.15. The van der Waals surface area contributed by atoms with Gasteiger partial charge in [0.1, 0.15) is 0 Å². The SMILES string of the molecule is CC(N)C(C)c1nccc2sccc12. The molecule has 0 saturated carbocycles. The fraction of sp³-hybridized carbons (Fsp3) is 0.364. The number of fused-ring (bicyclic) bond motifs is 1. The van der Waals surface area contributed by atoms with E-state index < -0.39 is 0 Å². The number of hydrogen-bond acceptors (Lipinski definition) is 3. The molecule has 14 heavy (non-hydrogen) atoms. The van der Waals surface area contributed by atoms with E-state index in [-0.39, 0.29) is 6.04 Å². The summed E-state index contributed by atoms with van der Waals surface area (Å²) in [4.78, 5) is 4.43. The Labute approximate surface area is 87.8 Å². The van der Waals surface area contributed by atoms with Crippen LogP contribution in [-0.2, 0) is 0 Å². The van der Waals surface area contributed by atoms with Crippen LogP contribution in [0.15, 0.2) is 23.7 Å². The molecule has 2 N–H and O–H groups in total. The summed E-state index contributed by atoms with van der Waals surface area (Å²) in [5.74, 6) is 0.313. The summed E-state index contributed by atoms with van der Waals surface area (Å²) in [6.07, 6.45) is 1.87. The van der Waals surface area contributed by atoms with Gasteiger partial charge in [-0.2, -0.15) is 0 Å². The molecule has 0 radical (unpaired) electrons. The minimum Gasteiger partial charge on any atom is -0.327 e. The van der Waals surface area contributed by atoms with Gasteiger partial charge in [0.05, 0.1) is 5.69 Å². The number of pyridine rings is 1. The molecular formula is C11H14N2S. The third-order valence-corrected chi connectivity index (χ3v) is 3.51. The van der Waals surface area contributed by atoms with Crippen LogP contribution < -0.4 is 5.73 Å². The van der Waals surface area contributed by atoms with E-state index in [1.165, 1.54) is 10.1 Å². The molecule has 2 heterocycles. The maximum absolute atomic E-state index is 5.89. The van der Waals surface area contributed by atoms with Gasteiger partial charge in [-0.15, -0.1) is 11.3 Å². The summed E-state index contributed by atoms with van der Waals surface area (Å²) in [7, 11) is 0. The van der Waals surface area contributed by atoms with Crippen molar-refractivity contribution < 1.29 is 0 Å². The molecular weight excluding hydrogens is 192 g/mol. The first kappa shape index (κ1) is 9.62. The molecule has 2 rings (SSSR count). The topological polar surface area (TPSA) is 38.9 Å². The van der Waals surface area contributed by atoms with Crippen LogP contribution >= 0.6 is 11.3 Å².